The third-order valence-corrected chi connectivity index (χ3v) is 7.05. The fourth-order valence-electron chi connectivity index (χ4n) is 2.91. The van der Waals surface area contributed by atoms with Crippen molar-refractivity contribution >= 4 is 8.80 Å². The Kier molecular flexibility index (Phi) is 14.7. The average Bonchev–Trinajstić information content (AvgIpc) is 2.54. The standard InChI is InChI=1S/C17H39NO3Si/c1-6-14-18(15-7-2)16-12-10-8-9-11-13-17-22(19-3,20-4)21-5/h6-17H2,1-5H3. The predicted octanol–water partition coefficient (Wildman–Crippen LogP) is 4.33. The maximum absolute atomic E-state index is 5.44. The molecular weight excluding hydrogens is 294 g/mol. The second-order valence-electron chi connectivity index (χ2n) is 6.01. The van der Waals surface area contributed by atoms with Crippen molar-refractivity contribution in [2.45, 2.75) is 71.3 Å². The normalized spacial score (nSPS) is 12.3. The van der Waals surface area contributed by atoms with Crippen LogP contribution in [-0.4, -0.2) is 54.7 Å². The van der Waals surface area contributed by atoms with Gasteiger partial charge in [0.15, 0.2) is 0 Å². The Bertz CT molecular complexity index is 224. The molecule has 0 N–H and O–H groups in total. The number of hydrogen-bond donors (Lipinski definition) is 0. The summed E-state index contributed by atoms with van der Waals surface area (Å²) in [4.78, 5) is 2.61. The molecule has 0 aromatic carbocycles. The molecule has 5 heteroatoms. The van der Waals surface area contributed by atoms with Crippen LogP contribution < -0.4 is 0 Å². The van der Waals surface area contributed by atoms with E-state index in [1.54, 1.807) is 21.3 Å². The van der Waals surface area contributed by atoms with Crippen molar-refractivity contribution in [3.05, 3.63) is 0 Å². The minimum absolute atomic E-state index is 0.928. The van der Waals surface area contributed by atoms with Gasteiger partial charge in [0.25, 0.3) is 0 Å². The molecular formula is C17H39NO3Si. The Morgan fingerprint density at radius 1 is 0.636 bits per heavy atom. The lowest BCUT2D eigenvalue weighted by Crippen LogP contribution is -2.42. The van der Waals surface area contributed by atoms with Crippen LogP contribution in [0.1, 0.15) is 65.2 Å². The number of rotatable bonds is 16. The van der Waals surface area contributed by atoms with Gasteiger partial charge in [-0.2, -0.15) is 0 Å². The summed E-state index contributed by atoms with van der Waals surface area (Å²) in [6.45, 7) is 8.32. The van der Waals surface area contributed by atoms with Crippen molar-refractivity contribution in [2.75, 3.05) is 41.0 Å². The van der Waals surface area contributed by atoms with Crippen molar-refractivity contribution in [2.24, 2.45) is 0 Å². The minimum Gasteiger partial charge on any atom is -0.377 e. The monoisotopic (exact) mass is 333 g/mol. The fraction of sp³-hybridized carbons (Fsp3) is 1.00. The van der Waals surface area contributed by atoms with Gasteiger partial charge in [-0.25, -0.2) is 0 Å². The van der Waals surface area contributed by atoms with Gasteiger partial charge >= 0.3 is 8.80 Å². The molecule has 0 saturated carbocycles. The van der Waals surface area contributed by atoms with E-state index in [0.29, 0.717) is 0 Å². The molecule has 0 spiro atoms. The first-order valence-corrected chi connectivity index (χ1v) is 11.0. The highest BCUT2D eigenvalue weighted by Crippen LogP contribution is 2.18. The lowest BCUT2D eigenvalue weighted by atomic mass is 10.1. The maximum Gasteiger partial charge on any atom is 0.500 e. The van der Waals surface area contributed by atoms with Gasteiger partial charge < -0.3 is 18.2 Å². The van der Waals surface area contributed by atoms with Gasteiger partial charge in [-0.15, -0.1) is 0 Å². The van der Waals surface area contributed by atoms with Crippen molar-refractivity contribution in [1.82, 2.24) is 4.90 Å². The first-order valence-electron chi connectivity index (χ1n) is 9.05. The molecule has 22 heavy (non-hydrogen) atoms. The lowest BCUT2D eigenvalue weighted by molar-refractivity contribution is 0.122. The molecule has 0 heterocycles. The molecule has 4 nitrogen and oxygen atoms in total. The summed E-state index contributed by atoms with van der Waals surface area (Å²) >= 11 is 0. The lowest BCUT2D eigenvalue weighted by Gasteiger charge is -2.24. The Morgan fingerprint density at radius 2 is 1.09 bits per heavy atom. The molecule has 0 unspecified atom stereocenters. The molecule has 0 aromatic rings. The number of hydrogen-bond acceptors (Lipinski definition) is 4. The summed E-state index contributed by atoms with van der Waals surface area (Å²) in [6.07, 6.45) is 10.3. The van der Waals surface area contributed by atoms with Crippen LogP contribution in [0.4, 0.5) is 0 Å². The van der Waals surface area contributed by atoms with E-state index in [1.807, 2.05) is 0 Å². The SMILES string of the molecule is CCCN(CCC)CCCCCCCC[Si](OC)(OC)OC. The average molecular weight is 334 g/mol. The van der Waals surface area contributed by atoms with Crippen molar-refractivity contribution in [3.8, 4) is 0 Å². The molecule has 0 rings (SSSR count). The van der Waals surface area contributed by atoms with Gasteiger partial charge in [0, 0.05) is 27.4 Å². The number of unbranched alkanes of at least 4 members (excludes halogenated alkanes) is 5. The van der Waals surface area contributed by atoms with Crippen LogP contribution in [0.25, 0.3) is 0 Å². The zero-order valence-corrected chi connectivity index (χ0v) is 16.7. The minimum atomic E-state index is -2.33. The van der Waals surface area contributed by atoms with E-state index in [1.165, 1.54) is 64.6 Å². The summed E-state index contributed by atoms with van der Waals surface area (Å²) in [5.41, 5.74) is 0. The fourth-order valence-corrected chi connectivity index (χ4v) is 4.70. The molecule has 0 amide bonds. The third-order valence-electron chi connectivity index (χ3n) is 4.22. The van der Waals surface area contributed by atoms with Crippen LogP contribution in [0.5, 0.6) is 0 Å². The molecule has 0 saturated heterocycles. The molecule has 134 valence electrons. The zero-order chi connectivity index (χ0) is 16.7. The summed E-state index contributed by atoms with van der Waals surface area (Å²) in [5, 5.41) is 0. The van der Waals surface area contributed by atoms with E-state index < -0.39 is 8.80 Å². The maximum atomic E-state index is 5.44. The van der Waals surface area contributed by atoms with Gasteiger partial charge in [0.05, 0.1) is 0 Å². The molecule has 0 radical (unpaired) electrons. The molecule has 0 fully saturated rings. The van der Waals surface area contributed by atoms with Gasteiger partial charge in [-0.05, 0) is 45.3 Å². The van der Waals surface area contributed by atoms with E-state index in [2.05, 4.69) is 18.7 Å². The molecule has 0 bridgehead atoms. The first kappa shape index (κ1) is 22.1. The molecule has 0 atom stereocenters. The van der Waals surface area contributed by atoms with Crippen LogP contribution in [0, 0.1) is 0 Å². The summed E-state index contributed by atoms with van der Waals surface area (Å²) < 4.78 is 16.3. The third kappa shape index (κ3) is 9.95. The number of nitrogens with zero attached hydrogens (tertiary/aromatic N) is 1. The Balaban J connectivity index is 3.57. The highest BCUT2D eigenvalue weighted by molar-refractivity contribution is 6.60. The quantitative estimate of drug-likeness (QED) is 0.311. The molecule has 0 aromatic heterocycles. The van der Waals surface area contributed by atoms with Gasteiger partial charge in [0.2, 0.25) is 0 Å². The second kappa shape index (κ2) is 14.6. The van der Waals surface area contributed by atoms with Gasteiger partial charge in [0.1, 0.15) is 0 Å². The van der Waals surface area contributed by atoms with E-state index in [4.69, 9.17) is 13.3 Å². The first-order chi connectivity index (χ1) is 10.7. The van der Waals surface area contributed by atoms with Crippen molar-refractivity contribution in [1.29, 1.82) is 0 Å². The van der Waals surface area contributed by atoms with Crippen LogP contribution in [0.3, 0.4) is 0 Å². The van der Waals surface area contributed by atoms with E-state index in [-0.39, 0.29) is 0 Å². The van der Waals surface area contributed by atoms with E-state index in [0.717, 1.165) is 12.5 Å². The van der Waals surface area contributed by atoms with Gasteiger partial charge in [-0.1, -0.05) is 39.5 Å². The van der Waals surface area contributed by atoms with Crippen molar-refractivity contribution < 1.29 is 13.3 Å². The topological polar surface area (TPSA) is 30.9 Å². The van der Waals surface area contributed by atoms with E-state index in [9.17, 15) is 0 Å². The predicted molar refractivity (Wildman–Crippen MR) is 96.3 cm³/mol. The largest absolute Gasteiger partial charge is 0.500 e. The highest BCUT2D eigenvalue weighted by Gasteiger charge is 2.36. The van der Waals surface area contributed by atoms with E-state index >= 15 is 0 Å². The highest BCUT2D eigenvalue weighted by atomic mass is 28.4. The van der Waals surface area contributed by atoms with Crippen LogP contribution >= 0.6 is 0 Å². The zero-order valence-electron chi connectivity index (χ0n) is 15.7. The molecule has 0 aliphatic rings. The van der Waals surface area contributed by atoms with Crippen molar-refractivity contribution in [3.63, 3.8) is 0 Å². The second-order valence-corrected chi connectivity index (χ2v) is 9.10. The summed E-state index contributed by atoms with van der Waals surface area (Å²) in [6, 6.07) is 0.928. The van der Waals surface area contributed by atoms with Crippen LogP contribution in [0.15, 0.2) is 0 Å². The van der Waals surface area contributed by atoms with Crippen LogP contribution in [-0.2, 0) is 13.3 Å². The Labute approximate surface area is 139 Å². The Hall–Kier alpha value is 0.0569. The smallest absolute Gasteiger partial charge is 0.377 e. The van der Waals surface area contributed by atoms with Crippen LogP contribution in [0.2, 0.25) is 6.04 Å². The summed E-state index contributed by atoms with van der Waals surface area (Å²) in [5.74, 6) is 0. The summed E-state index contributed by atoms with van der Waals surface area (Å²) in [7, 11) is 2.74. The molecule has 0 aliphatic heterocycles. The van der Waals surface area contributed by atoms with Gasteiger partial charge in [-0.3, -0.25) is 0 Å². The Morgan fingerprint density at radius 3 is 1.55 bits per heavy atom. The molecule has 0 aliphatic carbocycles.